The Bertz CT molecular complexity index is 219. The van der Waals surface area contributed by atoms with Crippen LogP contribution in [0, 0.1) is 5.92 Å². The van der Waals surface area contributed by atoms with Gasteiger partial charge in [-0.2, -0.15) is 0 Å². The lowest BCUT2D eigenvalue weighted by Gasteiger charge is -2.39. The third kappa shape index (κ3) is 4.05. The van der Waals surface area contributed by atoms with Gasteiger partial charge in [-0.25, -0.2) is 10.7 Å². The van der Waals surface area contributed by atoms with Crippen molar-refractivity contribution in [1.29, 1.82) is 0 Å². The van der Waals surface area contributed by atoms with Crippen LogP contribution in [0.2, 0.25) is 0 Å². The SMILES string of the molecule is CC(C)(C)OC(=O)N1CC(CCON)C1. The van der Waals surface area contributed by atoms with E-state index in [4.69, 9.17) is 10.6 Å². The Balaban J connectivity index is 2.18. The van der Waals surface area contributed by atoms with Gasteiger partial charge in [0, 0.05) is 13.1 Å². The summed E-state index contributed by atoms with van der Waals surface area (Å²) < 4.78 is 5.23. The molecule has 0 unspecified atom stereocenters. The molecule has 1 heterocycles. The van der Waals surface area contributed by atoms with E-state index >= 15 is 0 Å². The lowest BCUT2D eigenvalue weighted by molar-refractivity contribution is -0.00707. The molecule has 0 aliphatic carbocycles. The normalized spacial score (nSPS) is 17.5. The van der Waals surface area contributed by atoms with Crippen LogP contribution in [0.4, 0.5) is 4.79 Å². The van der Waals surface area contributed by atoms with Gasteiger partial charge in [-0.1, -0.05) is 0 Å². The van der Waals surface area contributed by atoms with Crippen LogP contribution in [0.15, 0.2) is 0 Å². The highest BCUT2D eigenvalue weighted by atomic mass is 16.6. The third-order valence-electron chi connectivity index (χ3n) is 2.25. The van der Waals surface area contributed by atoms with Crippen LogP contribution in [0.1, 0.15) is 27.2 Å². The van der Waals surface area contributed by atoms with Crippen LogP contribution in [0.3, 0.4) is 0 Å². The van der Waals surface area contributed by atoms with Gasteiger partial charge in [-0.15, -0.1) is 0 Å². The van der Waals surface area contributed by atoms with Gasteiger partial charge < -0.3 is 14.5 Å². The molecule has 1 saturated heterocycles. The minimum atomic E-state index is -0.414. The summed E-state index contributed by atoms with van der Waals surface area (Å²) in [6.45, 7) is 7.64. The number of carbonyl (C=O) groups excluding carboxylic acids is 1. The van der Waals surface area contributed by atoms with Gasteiger partial charge in [0.1, 0.15) is 5.60 Å². The molecule has 5 heteroatoms. The highest BCUT2D eigenvalue weighted by Gasteiger charge is 2.33. The number of likely N-dealkylation sites (tertiary alicyclic amines) is 1. The summed E-state index contributed by atoms with van der Waals surface area (Å²) in [6.07, 6.45) is 0.669. The van der Waals surface area contributed by atoms with Crippen molar-refractivity contribution in [3.63, 3.8) is 0 Å². The molecule has 0 spiro atoms. The standard InChI is InChI=1S/C10H20N2O3/c1-10(2,3)15-9(13)12-6-8(7-12)4-5-14-11/h8H,4-7,11H2,1-3H3. The van der Waals surface area contributed by atoms with Gasteiger partial charge in [0.2, 0.25) is 0 Å². The molecule has 5 nitrogen and oxygen atoms in total. The van der Waals surface area contributed by atoms with Crippen LogP contribution >= 0.6 is 0 Å². The van der Waals surface area contributed by atoms with Crippen LogP contribution in [-0.4, -0.2) is 36.3 Å². The van der Waals surface area contributed by atoms with E-state index in [-0.39, 0.29) is 6.09 Å². The summed E-state index contributed by atoms with van der Waals surface area (Å²) in [4.78, 5) is 17.7. The molecule has 0 radical (unpaired) electrons. The molecule has 1 fully saturated rings. The number of nitrogens with two attached hydrogens (primary N) is 1. The second kappa shape index (κ2) is 4.81. The second-order valence-corrected chi connectivity index (χ2v) is 4.91. The highest BCUT2D eigenvalue weighted by Crippen LogP contribution is 2.21. The molecule has 15 heavy (non-hydrogen) atoms. The van der Waals surface area contributed by atoms with Crippen molar-refractivity contribution in [1.82, 2.24) is 4.90 Å². The van der Waals surface area contributed by atoms with E-state index in [9.17, 15) is 4.79 Å². The van der Waals surface area contributed by atoms with E-state index in [0.717, 1.165) is 19.5 Å². The van der Waals surface area contributed by atoms with Gasteiger partial charge in [-0.3, -0.25) is 0 Å². The van der Waals surface area contributed by atoms with Crippen molar-refractivity contribution in [3.05, 3.63) is 0 Å². The molecule has 0 saturated carbocycles. The number of nitrogens with zero attached hydrogens (tertiary/aromatic N) is 1. The largest absolute Gasteiger partial charge is 0.444 e. The Kier molecular flexibility index (Phi) is 3.93. The third-order valence-corrected chi connectivity index (χ3v) is 2.25. The zero-order chi connectivity index (χ0) is 11.5. The van der Waals surface area contributed by atoms with E-state index < -0.39 is 5.60 Å². The highest BCUT2D eigenvalue weighted by molar-refractivity contribution is 5.69. The molecule has 1 amide bonds. The second-order valence-electron chi connectivity index (χ2n) is 4.91. The Hall–Kier alpha value is -0.810. The number of amides is 1. The maximum atomic E-state index is 11.5. The molecule has 0 aromatic rings. The smallest absolute Gasteiger partial charge is 0.410 e. The summed E-state index contributed by atoms with van der Waals surface area (Å²) >= 11 is 0. The Labute approximate surface area is 90.5 Å². The summed E-state index contributed by atoms with van der Waals surface area (Å²) in [5.74, 6) is 5.43. The maximum Gasteiger partial charge on any atom is 0.410 e. The van der Waals surface area contributed by atoms with E-state index in [0.29, 0.717) is 12.5 Å². The molecular weight excluding hydrogens is 196 g/mol. The number of hydrogen-bond acceptors (Lipinski definition) is 4. The fourth-order valence-corrected chi connectivity index (χ4v) is 1.46. The topological polar surface area (TPSA) is 64.8 Å². The van der Waals surface area contributed by atoms with Gasteiger partial charge in [0.05, 0.1) is 6.61 Å². The lowest BCUT2D eigenvalue weighted by atomic mass is 9.97. The van der Waals surface area contributed by atoms with Gasteiger partial charge in [-0.05, 0) is 33.1 Å². The van der Waals surface area contributed by atoms with E-state index in [1.807, 2.05) is 20.8 Å². The average molecular weight is 216 g/mol. The van der Waals surface area contributed by atoms with Crippen molar-refractivity contribution in [2.45, 2.75) is 32.8 Å². The van der Waals surface area contributed by atoms with Crippen molar-refractivity contribution >= 4 is 6.09 Å². The van der Waals surface area contributed by atoms with Crippen molar-refractivity contribution in [2.75, 3.05) is 19.7 Å². The number of hydrogen-bond donors (Lipinski definition) is 1. The minimum Gasteiger partial charge on any atom is -0.444 e. The van der Waals surface area contributed by atoms with E-state index in [1.165, 1.54) is 0 Å². The van der Waals surface area contributed by atoms with Gasteiger partial charge >= 0.3 is 6.09 Å². The molecule has 2 N–H and O–H groups in total. The molecule has 0 aromatic heterocycles. The zero-order valence-corrected chi connectivity index (χ0v) is 9.66. The average Bonchev–Trinajstić information content (AvgIpc) is 1.98. The fraction of sp³-hybridized carbons (Fsp3) is 0.900. The fourth-order valence-electron chi connectivity index (χ4n) is 1.46. The lowest BCUT2D eigenvalue weighted by Crippen LogP contribution is -2.51. The molecule has 1 rings (SSSR count). The molecule has 0 bridgehead atoms. The maximum absolute atomic E-state index is 11.5. The summed E-state index contributed by atoms with van der Waals surface area (Å²) in [5.41, 5.74) is -0.414. The number of rotatable bonds is 3. The summed E-state index contributed by atoms with van der Waals surface area (Å²) in [6, 6.07) is 0. The first-order chi connectivity index (χ1) is 6.92. The first-order valence-corrected chi connectivity index (χ1v) is 5.22. The van der Waals surface area contributed by atoms with Crippen LogP contribution in [0.5, 0.6) is 0 Å². The summed E-state index contributed by atoms with van der Waals surface area (Å²) in [7, 11) is 0. The van der Waals surface area contributed by atoms with Crippen LogP contribution < -0.4 is 5.90 Å². The first-order valence-electron chi connectivity index (χ1n) is 5.22. The minimum absolute atomic E-state index is 0.229. The molecule has 88 valence electrons. The predicted octanol–water partition coefficient (Wildman–Crippen LogP) is 1.13. The monoisotopic (exact) mass is 216 g/mol. The van der Waals surface area contributed by atoms with Crippen LogP contribution in [0.25, 0.3) is 0 Å². The van der Waals surface area contributed by atoms with Crippen molar-refractivity contribution in [3.8, 4) is 0 Å². The van der Waals surface area contributed by atoms with Crippen molar-refractivity contribution < 1.29 is 14.4 Å². The Morgan fingerprint density at radius 3 is 2.53 bits per heavy atom. The molecule has 1 aliphatic rings. The zero-order valence-electron chi connectivity index (χ0n) is 9.66. The Morgan fingerprint density at radius 2 is 2.07 bits per heavy atom. The quantitative estimate of drug-likeness (QED) is 0.718. The van der Waals surface area contributed by atoms with Crippen LogP contribution in [-0.2, 0) is 9.57 Å². The predicted molar refractivity (Wildman–Crippen MR) is 56.1 cm³/mol. The molecule has 1 aliphatic heterocycles. The molecule has 0 aromatic carbocycles. The number of ether oxygens (including phenoxy) is 1. The summed E-state index contributed by atoms with van der Waals surface area (Å²) in [5, 5.41) is 0. The van der Waals surface area contributed by atoms with Crippen molar-refractivity contribution in [2.24, 2.45) is 11.8 Å². The Morgan fingerprint density at radius 1 is 1.47 bits per heavy atom. The van der Waals surface area contributed by atoms with E-state index in [1.54, 1.807) is 4.90 Å². The van der Waals surface area contributed by atoms with E-state index in [2.05, 4.69) is 4.84 Å². The van der Waals surface area contributed by atoms with Gasteiger partial charge in [0.25, 0.3) is 0 Å². The molecular formula is C10H20N2O3. The van der Waals surface area contributed by atoms with Gasteiger partial charge in [0.15, 0.2) is 0 Å². The number of carbonyl (C=O) groups is 1. The first kappa shape index (κ1) is 12.3. The molecule has 0 atom stereocenters.